The van der Waals surface area contributed by atoms with Crippen molar-refractivity contribution in [2.45, 2.75) is 20.3 Å². The summed E-state index contributed by atoms with van der Waals surface area (Å²) in [6, 6.07) is 0. The number of hydrogen-bond donors (Lipinski definition) is 0. The Morgan fingerprint density at radius 2 is 0.840 bits per heavy atom. The quantitative estimate of drug-likeness (QED) is 0.234. The summed E-state index contributed by atoms with van der Waals surface area (Å²) < 4.78 is 36.7. The summed E-state index contributed by atoms with van der Waals surface area (Å²) in [5, 5.41) is 0. The molecule has 0 saturated carbocycles. The van der Waals surface area contributed by atoms with Gasteiger partial charge in [0.1, 0.15) is 6.61 Å². The van der Waals surface area contributed by atoms with E-state index in [0.717, 1.165) is 0 Å². The normalized spacial score (nSPS) is 11.0. The third kappa shape index (κ3) is 21.2. The number of ether oxygens (including phenoxy) is 7. The summed E-state index contributed by atoms with van der Waals surface area (Å²) in [4.78, 5) is 10.9. The molecule has 0 aromatic rings. The van der Waals surface area contributed by atoms with Gasteiger partial charge in [-0.25, -0.2) is 0 Å². The molecule has 150 valence electrons. The van der Waals surface area contributed by atoms with E-state index in [-0.39, 0.29) is 12.6 Å². The van der Waals surface area contributed by atoms with Crippen molar-refractivity contribution in [2.75, 3.05) is 85.9 Å². The molecule has 0 amide bonds. The van der Waals surface area contributed by atoms with Crippen LogP contribution >= 0.6 is 0 Å². The van der Waals surface area contributed by atoms with E-state index in [9.17, 15) is 4.79 Å². The Bertz CT molecular complexity index is 275. The highest BCUT2D eigenvalue weighted by molar-refractivity contribution is 5.68. The van der Waals surface area contributed by atoms with Gasteiger partial charge in [0.15, 0.2) is 0 Å². The highest BCUT2D eigenvalue weighted by atomic mass is 16.6. The molecule has 0 aromatic heterocycles. The fraction of sp³-hybridized carbons (Fsp3) is 0.941. The molecule has 8 heteroatoms. The molecule has 0 atom stereocenters. The van der Waals surface area contributed by atoms with Crippen molar-refractivity contribution in [3.8, 4) is 0 Å². The van der Waals surface area contributed by atoms with Gasteiger partial charge in [-0.1, -0.05) is 6.92 Å². The molecule has 25 heavy (non-hydrogen) atoms. The van der Waals surface area contributed by atoms with Crippen LogP contribution in [-0.2, 0) is 38.0 Å². The zero-order valence-electron chi connectivity index (χ0n) is 15.7. The maximum Gasteiger partial charge on any atom is 0.305 e. The zero-order valence-corrected chi connectivity index (χ0v) is 15.7. The van der Waals surface area contributed by atoms with Crippen molar-refractivity contribution < 1.29 is 38.0 Å². The van der Waals surface area contributed by atoms with Crippen LogP contribution < -0.4 is 0 Å². The van der Waals surface area contributed by atoms with Gasteiger partial charge >= 0.3 is 5.97 Å². The minimum Gasteiger partial charge on any atom is -0.463 e. The fourth-order valence-electron chi connectivity index (χ4n) is 1.56. The lowest BCUT2D eigenvalue weighted by molar-refractivity contribution is -0.144. The minimum atomic E-state index is -0.213. The molecule has 0 aliphatic heterocycles. The van der Waals surface area contributed by atoms with Crippen molar-refractivity contribution in [1.82, 2.24) is 0 Å². The number of hydrogen-bond acceptors (Lipinski definition) is 8. The Labute approximate surface area is 151 Å². The molecule has 8 nitrogen and oxygen atoms in total. The number of esters is 1. The third-order valence-corrected chi connectivity index (χ3v) is 2.84. The number of carbonyl (C=O) groups is 1. The van der Waals surface area contributed by atoms with Gasteiger partial charge in [-0.2, -0.15) is 0 Å². The Hall–Kier alpha value is -0.770. The lowest BCUT2D eigenvalue weighted by Crippen LogP contribution is -2.15. The first-order chi connectivity index (χ1) is 12.3. The molecular formula is C17H34O8. The Balaban J connectivity index is 2.99. The van der Waals surface area contributed by atoms with Crippen LogP contribution in [0.4, 0.5) is 0 Å². The van der Waals surface area contributed by atoms with Gasteiger partial charge in [-0.15, -0.1) is 0 Å². The Morgan fingerprint density at radius 3 is 1.16 bits per heavy atom. The zero-order chi connectivity index (χ0) is 18.4. The summed E-state index contributed by atoms with van der Waals surface area (Å²) in [5.41, 5.74) is 0. The van der Waals surface area contributed by atoms with Gasteiger partial charge in [-0.05, 0) is 6.92 Å². The predicted molar refractivity (Wildman–Crippen MR) is 91.8 cm³/mol. The summed E-state index contributed by atoms with van der Waals surface area (Å²) in [6.07, 6.45) is 0.385. The van der Waals surface area contributed by atoms with E-state index in [2.05, 4.69) is 0 Å². The SMILES string of the molecule is CCOCCOCCOCCOCCOCCOCCOC(=O)CC. The van der Waals surface area contributed by atoms with Gasteiger partial charge in [0.25, 0.3) is 0 Å². The van der Waals surface area contributed by atoms with Gasteiger partial charge in [0.2, 0.25) is 0 Å². The first kappa shape index (κ1) is 24.2. The van der Waals surface area contributed by atoms with Crippen molar-refractivity contribution in [2.24, 2.45) is 0 Å². The van der Waals surface area contributed by atoms with Gasteiger partial charge in [0.05, 0.1) is 72.7 Å². The topological polar surface area (TPSA) is 81.7 Å². The van der Waals surface area contributed by atoms with Crippen LogP contribution in [-0.4, -0.2) is 91.9 Å². The van der Waals surface area contributed by atoms with Gasteiger partial charge < -0.3 is 33.2 Å². The summed E-state index contributed by atoms with van der Waals surface area (Å²) in [7, 11) is 0. The first-order valence-corrected chi connectivity index (χ1v) is 8.93. The van der Waals surface area contributed by atoms with Crippen LogP contribution in [0.1, 0.15) is 20.3 Å². The van der Waals surface area contributed by atoms with Crippen molar-refractivity contribution in [1.29, 1.82) is 0 Å². The highest BCUT2D eigenvalue weighted by Gasteiger charge is 1.97. The predicted octanol–water partition coefficient (Wildman–Crippen LogP) is 1.06. The van der Waals surface area contributed by atoms with E-state index in [0.29, 0.717) is 85.7 Å². The second-order valence-electron chi connectivity index (χ2n) is 4.83. The smallest absolute Gasteiger partial charge is 0.305 e. The van der Waals surface area contributed by atoms with Crippen molar-refractivity contribution >= 4 is 5.97 Å². The van der Waals surface area contributed by atoms with Crippen LogP contribution in [0.25, 0.3) is 0 Å². The average molecular weight is 366 g/mol. The highest BCUT2D eigenvalue weighted by Crippen LogP contribution is 1.86. The van der Waals surface area contributed by atoms with E-state index in [1.54, 1.807) is 6.92 Å². The molecule has 0 spiro atoms. The molecule has 0 rings (SSSR count). The molecule has 0 radical (unpaired) electrons. The second-order valence-corrected chi connectivity index (χ2v) is 4.83. The Morgan fingerprint density at radius 1 is 0.520 bits per heavy atom. The summed E-state index contributed by atoms with van der Waals surface area (Å²) in [6.45, 7) is 10.5. The van der Waals surface area contributed by atoms with Gasteiger partial charge in [0, 0.05) is 13.0 Å². The second kappa shape index (κ2) is 21.3. The molecule has 0 aliphatic rings. The molecule has 0 aliphatic carbocycles. The molecule has 0 unspecified atom stereocenters. The molecule has 0 N–H and O–H groups in total. The minimum absolute atomic E-state index is 0.213. The monoisotopic (exact) mass is 366 g/mol. The van der Waals surface area contributed by atoms with Crippen LogP contribution in [0.5, 0.6) is 0 Å². The number of rotatable bonds is 20. The standard InChI is InChI=1S/C17H34O8/c1-3-17(18)25-16-15-24-14-13-23-12-11-22-10-9-21-8-7-20-6-5-19-4-2/h3-16H2,1-2H3. The van der Waals surface area contributed by atoms with E-state index < -0.39 is 0 Å². The Kier molecular flexibility index (Phi) is 20.6. The molecule has 0 bridgehead atoms. The largest absolute Gasteiger partial charge is 0.463 e. The molecule has 0 aromatic carbocycles. The van der Waals surface area contributed by atoms with Gasteiger partial charge in [-0.3, -0.25) is 4.79 Å². The summed E-state index contributed by atoms with van der Waals surface area (Å²) in [5.74, 6) is -0.213. The molecule has 0 saturated heterocycles. The first-order valence-electron chi connectivity index (χ1n) is 8.93. The van der Waals surface area contributed by atoms with E-state index in [1.807, 2.05) is 6.92 Å². The lowest BCUT2D eigenvalue weighted by atomic mass is 10.5. The average Bonchev–Trinajstić information content (AvgIpc) is 2.63. The van der Waals surface area contributed by atoms with E-state index >= 15 is 0 Å². The fourth-order valence-corrected chi connectivity index (χ4v) is 1.56. The van der Waals surface area contributed by atoms with E-state index in [4.69, 9.17) is 33.2 Å². The van der Waals surface area contributed by atoms with Crippen molar-refractivity contribution in [3.63, 3.8) is 0 Å². The molecule has 0 heterocycles. The van der Waals surface area contributed by atoms with Crippen molar-refractivity contribution in [3.05, 3.63) is 0 Å². The van der Waals surface area contributed by atoms with E-state index in [1.165, 1.54) is 0 Å². The maximum absolute atomic E-state index is 10.9. The third-order valence-electron chi connectivity index (χ3n) is 2.84. The van der Waals surface area contributed by atoms with Crippen LogP contribution in [0, 0.1) is 0 Å². The molecular weight excluding hydrogens is 332 g/mol. The summed E-state index contributed by atoms with van der Waals surface area (Å²) >= 11 is 0. The lowest BCUT2D eigenvalue weighted by Gasteiger charge is -2.08. The molecule has 0 fully saturated rings. The van der Waals surface area contributed by atoms with Crippen LogP contribution in [0.2, 0.25) is 0 Å². The number of carbonyl (C=O) groups excluding carboxylic acids is 1. The maximum atomic E-state index is 10.9. The van der Waals surface area contributed by atoms with Crippen LogP contribution in [0.3, 0.4) is 0 Å². The van der Waals surface area contributed by atoms with Crippen LogP contribution in [0.15, 0.2) is 0 Å².